The summed E-state index contributed by atoms with van der Waals surface area (Å²) in [6.45, 7) is 4.45. The number of hydrogen-bond acceptors (Lipinski definition) is 2. The summed E-state index contributed by atoms with van der Waals surface area (Å²) in [6, 6.07) is 0.839. The minimum Gasteiger partial charge on any atom is -0.330 e. The average molecular weight is 170 g/mol. The van der Waals surface area contributed by atoms with Gasteiger partial charge in [0.05, 0.1) is 0 Å². The highest BCUT2D eigenvalue weighted by molar-refractivity contribution is 4.77. The molecule has 12 heavy (non-hydrogen) atoms. The van der Waals surface area contributed by atoms with Crippen molar-refractivity contribution in [3.63, 3.8) is 0 Å². The maximum absolute atomic E-state index is 5.52. The number of nitrogens with two attached hydrogens (primary N) is 1. The van der Waals surface area contributed by atoms with Crippen molar-refractivity contribution in [3.05, 3.63) is 0 Å². The second-order valence-electron chi connectivity index (χ2n) is 4.19. The zero-order valence-corrected chi connectivity index (χ0v) is 8.42. The Kier molecular flexibility index (Phi) is 4.02. The number of rotatable bonds is 4. The molecule has 0 aliphatic carbocycles. The van der Waals surface area contributed by atoms with Gasteiger partial charge in [0.2, 0.25) is 0 Å². The molecule has 2 heteroatoms. The van der Waals surface area contributed by atoms with Crippen molar-refractivity contribution in [2.24, 2.45) is 11.7 Å². The van der Waals surface area contributed by atoms with E-state index in [9.17, 15) is 0 Å². The Bertz CT molecular complexity index is 125. The first kappa shape index (κ1) is 10.0. The quantitative estimate of drug-likeness (QED) is 0.692. The molecule has 1 aliphatic heterocycles. The maximum Gasteiger partial charge on any atom is 0.00952 e. The fourth-order valence-corrected chi connectivity index (χ4v) is 2.14. The van der Waals surface area contributed by atoms with E-state index in [4.69, 9.17) is 5.73 Å². The predicted octanol–water partition coefficient (Wildman–Crippen LogP) is 1.46. The summed E-state index contributed by atoms with van der Waals surface area (Å²) in [7, 11) is 2.24. The molecule has 2 unspecified atom stereocenters. The van der Waals surface area contributed by atoms with Crippen LogP contribution in [0.1, 0.15) is 32.6 Å². The van der Waals surface area contributed by atoms with Crippen molar-refractivity contribution in [2.45, 2.75) is 38.6 Å². The molecule has 2 N–H and O–H groups in total. The smallest absolute Gasteiger partial charge is 0.00952 e. The standard InChI is InChI=1S/C10H22N2/c1-9(5-6-11)8-10-4-3-7-12(10)2/h9-10H,3-8,11H2,1-2H3. The van der Waals surface area contributed by atoms with Gasteiger partial charge in [-0.3, -0.25) is 0 Å². The van der Waals surface area contributed by atoms with Crippen LogP contribution in [-0.4, -0.2) is 31.1 Å². The van der Waals surface area contributed by atoms with E-state index in [0.717, 1.165) is 18.5 Å². The molecule has 1 saturated heterocycles. The summed E-state index contributed by atoms with van der Waals surface area (Å²) in [6.07, 6.45) is 5.31. The first-order valence-corrected chi connectivity index (χ1v) is 5.14. The Balaban J connectivity index is 2.20. The van der Waals surface area contributed by atoms with E-state index in [1.807, 2.05) is 0 Å². The van der Waals surface area contributed by atoms with Crippen molar-refractivity contribution in [3.8, 4) is 0 Å². The molecular weight excluding hydrogens is 148 g/mol. The normalized spacial score (nSPS) is 27.8. The molecule has 2 atom stereocenters. The van der Waals surface area contributed by atoms with Gasteiger partial charge in [0, 0.05) is 6.04 Å². The van der Waals surface area contributed by atoms with Crippen LogP contribution in [-0.2, 0) is 0 Å². The third kappa shape index (κ3) is 2.76. The summed E-state index contributed by atoms with van der Waals surface area (Å²) in [4.78, 5) is 2.49. The lowest BCUT2D eigenvalue weighted by Crippen LogP contribution is -2.27. The molecule has 0 saturated carbocycles. The van der Waals surface area contributed by atoms with E-state index < -0.39 is 0 Å². The first-order valence-electron chi connectivity index (χ1n) is 5.14. The SMILES string of the molecule is CC(CCN)CC1CCCN1C. The molecule has 1 aliphatic rings. The van der Waals surface area contributed by atoms with Gasteiger partial charge in [-0.05, 0) is 51.7 Å². The lowest BCUT2D eigenvalue weighted by molar-refractivity contribution is 0.263. The Labute approximate surface area is 76.1 Å². The molecule has 0 aromatic rings. The number of likely N-dealkylation sites (tertiary alicyclic amines) is 1. The van der Waals surface area contributed by atoms with Crippen molar-refractivity contribution in [1.29, 1.82) is 0 Å². The fraction of sp³-hybridized carbons (Fsp3) is 1.00. The maximum atomic E-state index is 5.52. The summed E-state index contributed by atoms with van der Waals surface area (Å²) in [5.41, 5.74) is 5.52. The highest BCUT2D eigenvalue weighted by Gasteiger charge is 2.22. The topological polar surface area (TPSA) is 29.3 Å². The second-order valence-corrected chi connectivity index (χ2v) is 4.19. The molecule has 0 aromatic carbocycles. The molecule has 0 bridgehead atoms. The van der Waals surface area contributed by atoms with Gasteiger partial charge in [0.25, 0.3) is 0 Å². The summed E-state index contributed by atoms with van der Waals surface area (Å²) in [5.74, 6) is 0.806. The molecule has 1 rings (SSSR count). The van der Waals surface area contributed by atoms with Crippen molar-refractivity contribution in [2.75, 3.05) is 20.1 Å². The van der Waals surface area contributed by atoms with E-state index in [2.05, 4.69) is 18.9 Å². The average Bonchev–Trinajstić information content (AvgIpc) is 2.37. The van der Waals surface area contributed by atoms with Gasteiger partial charge in [-0.1, -0.05) is 6.92 Å². The van der Waals surface area contributed by atoms with Crippen molar-refractivity contribution >= 4 is 0 Å². The van der Waals surface area contributed by atoms with Crippen LogP contribution in [0.15, 0.2) is 0 Å². The van der Waals surface area contributed by atoms with Crippen molar-refractivity contribution < 1.29 is 0 Å². The molecule has 2 nitrogen and oxygen atoms in total. The number of hydrogen-bond donors (Lipinski definition) is 1. The van der Waals surface area contributed by atoms with Crippen LogP contribution in [0.3, 0.4) is 0 Å². The molecule has 72 valence electrons. The van der Waals surface area contributed by atoms with E-state index in [-0.39, 0.29) is 0 Å². The van der Waals surface area contributed by atoms with Crippen LogP contribution in [0.5, 0.6) is 0 Å². The van der Waals surface area contributed by atoms with Crippen LogP contribution in [0, 0.1) is 5.92 Å². The molecule has 1 heterocycles. The van der Waals surface area contributed by atoms with Gasteiger partial charge in [0.15, 0.2) is 0 Å². The Morgan fingerprint density at radius 2 is 2.33 bits per heavy atom. The highest BCUT2D eigenvalue weighted by atomic mass is 15.1. The third-order valence-electron chi connectivity index (χ3n) is 3.01. The Hall–Kier alpha value is -0.0800. The summed E-state index contributed by atoms with van der Waals surface area (Å²) >= 11 is 0. The van der Waals surface area contributed by atoms with E-state index in [1.165, 1.54) is 32.2 Å². The minimum atomic E-state index is 0.806. The van der Waals surface area contributed by atoms with Crippen LogP contribution >= 0.6 is 0 Å². The van der Waals surface area contributed by atoms with Crippen LogP contribution in [0.2, 0.25) is 0 Å². The second kappa shape index (κ2) is 4.83. The number of nitrogens with zero attached hydrogens (tertiary/aromatic N) is 1. The van der Waals surface area contributed by atoms with Crippen molar-refractivity contribution in [1.82, 2.24) is 4.90 Å². The van der Waals surface area contributed by atoms with E-state index in [1.54, 1.807) is 0 Å². The summed E-state index contributed by atoms with van der Waals surface area (Å²) in [5, 5.41) is 0. The van der Waals surface area contributed by atoms with Gasteiger partial charge < -0.3 is 10.6 Å². The molecular formula is C10H22N2. The van der Waals surface area contributed by atoms with Crippen LogP contribution in [0.4, 0.5) is 0 Å². The molecule has 0 aromatic heterocycles. The molecule has 0 radical (unpaired) electrons. The highest BCUT2D eigenvalue weighted by Crippen LogP contribution is 2.22. The predicted molar refractivity (Wildman–Crippen MR) is 53.1 cm³/mol. The Morgan fingerprint density at radius 1 is 1.58 bits per heavy atom. The van der Waals surface area contributed by atoms with Gasteiger partial charge in [0.1, 0.15) is 0 Å². The Morgan fingerprint density at radius 3 is 2.83 bits per heavy atom. The monoisotopic (exact) mass is 170 g/mol. The first-order chi connectivity index (χ1) is 5.74. The van der Waals surface area contributed by atoms with Gasteiger partial charge in [-0.25, -0.2) is 0 Å². The van der Waals surface area contributed by atoms with Gasteiger partial charge in [-0.15, -0.1) is 0 Å². The van der Waals surface area contributed by atoms with E-state index >= 15 is 0 Å². The lowest BCUT2D eigenvalue weighted by atomic mass is 9.97. The minimum absolute atomic E-state index is 0.806. The zero-order chi connectivity index (χ0) is 8.97. The molecule has 1 fully saturated rings. The molecule has 0 spiro atoms. The third-order valence-corrected chi connectivity index (χ3v) is 3.01. The zero-order valence-electron chi connectivity index (χ0n) is 8.42. The lowest BCUT2D eigenvalue weighted by Gasteiger charge is -2.22. The largest absolute Gasteiger partial charge is 0.330 e. The van der Waals surface area contributed by atoms with E-state index in [0.29, 0.717) is 0 Å². The fourth-order valence-electron chi connectivity index (χ4n) is 2.14. The summed E-state index contributed by atoms with van der Waals surface area (Å²) < 4.78 is 0. The van der Waals surface area contributed by atoms with Crippen LogP contribution in [0.25, 0.3) is 0 Å². The van der Waals surface area contributed by atoms with Gasteiger partial charge >= 0.3 is 0 Å². The van der Waals surface area contributed by atoms with Gasteiger partial charge in [-0.2, -0.15) is 0 Å². The molecule has 0 amide bonds. The van der Waals surface area contributed by atoms with Crippen LogP contribution < -0.4 is 5.73 Å².